The minimum atomic E-state index is -0.0868. The number of carbonyl (C=O) groups is 1. The van der Waals surface area contributed by atoms with Gasteiger partial charge in [0.1, 0.15) is 10.7 Å². The summed E-state index contributed by atoms with van der Waals surface area (Å²) in [6, 6.07) is 0.209. The molecular weight excluding hydrogens is 436 g/mol. The third-order valence-electron chi connectivity index (χ3n) is 8.00. The maximum absolute atomic E-state index is 12.9. The highest BCUT2D eigenvalue weighted by Gasteiger charge is 2.46. The molecule has 6 rings (SSSR count). The van der Waals surface area contributed by atoms with Crippen LogP contribution in [0.1, 0.15) is 58.9 Å². The van der Waals surface area contributed by atoms with Crippen LogP contribution in [0.2, 0.25) is 0 Å². The summed E-state index contributed by atoms with van der Waals surface area (Å²) >= 11 is 1.39. The van der Waals surface area contributed by atoms with E-state index in [2.05, 4.69) is 31.6 Å². The molecule has 9 heteroatoms. The number of rotatable bonds is 4. The number of hydrogen-bond donors (Lipinski definition) is 3. The normalized spacial score (nSPS) is 25.6. The molecule has 0 bridgehead atoms. The molecule has 0 radical (unpaired) electrons. The van der Waals surface area contributed by atoms with Gasteiger partial charge in [0.2, 0.25) is 0 Å². The van der Waals surface area contributed by atoms with Crippen LogP contribution in [0.5, 0.6) is 0 Å². The van der Waals surface area contributed by atoms with Crippen LogP contribution in [0.3, 0.4) is 0 Å². The first-order valence-corrected chi connectivity index (χ1v) is 12.9. The first-order chi connectivity index (χ1) is 16.1. The predicted octanol–water partition coefficient (Wildman–Crippen LogP) is 2.13. The zero-order chi connectivity index (χ0) is 22.6. The molecule has 2 aromatic rings. The van der Waals surface area contributed by atoms with E-state index in [-0.39, 0.29) is 17.5 Å². The lowest BCUT2D eigenvalue weighted by Crippen LogP contribution is -2.54. The number of H-pyrrole nitrogens is 1. The fraction of sp³-hybridized carbons (Fsp3) is 0.583. The van der Waals surface area contributed by atoms with Crippen LogP contribution in [0.25, 0.3) is 5.57 Å². The van der Waals surface area contributed by atoms with Gasteiger partial charge in [-0.3, -0.25) is 9.59 Å². The summed E-state index contributed by atoms with van der Waals surface area (Å²) in [7, 11) is 1.66. The molecule has 1 aliphatic heterocycles. The van der Waals surface area contributed by atoms with Crippen LogP contribution >= 0.6 is 11.3 Å². The summed E-state index contributed by atoms with van der Waals surface area (Å²) in [5, 5.41) is 6.25. The van der Waals surface area contributed by atoms with Gasteiger partial charge in [0.25, 0.3) is 11.5 Å². The van der Waals surface area contributed by atoms with Crippen molar-refractivity contribution in [2.24, 2.45) is 11.3 Å². The highest BCUT2D eigenvalue weighted by atomic mass is 32.1. The molecule has 33 heavy (non-hydrogen) atoms. The zero-order valence-corrected chi connectivity index (χ0v) is 19.8. The fourth-order valence-electron chi connectivity index (χ4n) is 5.87. The van der Waals surface area contributed by atoms with E-state index in [1.54, 1.807) is 12.6 Å². The summed E-state index contributed by atoms with van der Waals surface area (Å²) in [5.41, 5.74) is 5.29. The molecule has 2 unspecified atom stereocenters. The van der Waals surface area contributed by atoms with E-state index in [0.717, 1.165) is 73.8 Å². The molecule has 3 N–H and O–H groups in total. The van der Waals surface area contributed by atoms with Gasteiger partial charge in [0, 0.05) is 38.3 Å². The SMILES string of the molecule is CNC(=O)c1scnc1N1CCNCC1C1C=C(c2nc3c(c(=O)[nH]2)CC2(CC3)CC2)CC1. The molecule has 174 valence electrons. The Labute approximate surface area is 196 Å². The van der Waals surface area contributed by atoms with Crippen molar-refractivity contribution in [3.05, 3.63) is 43.9 Å². The lowest BCUT2D eigenvalue weighted by Gasteiger charge is -2.39. The van der Waals surface area contributed by atoms with E-state index in [1.807, 2.05) is 0 Å². The summed E-state index contributed by atoms with van der Waals surface area (Å²) in [4.78, 5) is 40.8. The van der Waals surface area contributed by atoms with Gasteiger partial charge in [0.15, 0.2) is 5.82 Å². The fourth-order valence-corrected chi connectivity index (χ4v) is 6.61. The highest BCUT2D eigenvalue weighted by molar-refractivity contribution is 7.12. The van der Waals surface area contributed by atoms with Crippen molar-refractivity contribution < 1.29 is 4.79 Å². The van der Waals surface area contributed by atoms with Crippen molar-refractivity contribution >= 4 is 28.6 Å². The summed E-state index contributed by atoms with van der Waals surface area (Å²) < 4.78 is 0. The molecule has 1 saturated heterocycles. The topological polar surface area (TPSA) is 103 Å². The van der Waals surface area contributed by atoms with Crippen molar-refractivity contribution in [1.82, 2.24) is 25.6 Å². The van der Waals surface area contributed by atoms with Crippen molar-refractivity contribution in [3.63, 3.8) is 0 Å². The summed E-state index contributed by atoms with van der Waals surface area (Å²) in [6.45, 7) is 2.52. The van der Waals surface area contributed by atoms with E-state index in [1.165, 1.54) is 30.6 Å². The molecular formula is C24H30N6O2S. The van der Waals surface area contributed by atoms with Crippen molar-refractivity contribution in [1.29, 1.82) is 0 Å². The zero-order valence-electron chi connectivity index (χ0n) is 18.9. The summed E-state index contributed by atoms with van der Waals surface area (Å²) in [5.74, 6) is 1.75. The molecule has 2 atom stereocenters. The second-order valence-electron chi connectivity index (χ2n) is 9.96. The largest absolute Gasteiger partial charge is 0.354 e. The Bertz CT molecular complexity index is 1180. The van der Waals surface area contributed by atoms with Gasteiger partial charge < -0.3 is 20.5 Å². The highest BCUT2D eigenvalue weighted by Crippen LogP contribution is 2.54. The number of nitrogens with one attached hydrogen (secondary N) is 3. The Morgan fingerprint density at radius 1 is 1.30 bits per heavy atom. The average Bonchev–Trinajstić information content (AvgIpc) is 3.23. The van der Waals surface area contributed by atoms with Gasteiger partial charge in [-0.15, -0.1) is 11.3 Å². The molecule has 3 heterocycles. The van der Waals surface area contributed by atoms with E-state index in [0.29, 0.717) is 16.2 Å². The van der Waals surface area contributed by atoms with Crippen molar-refractivity contribution in [2.75, 3.05) is 31.6 Å². The number of fused-ring (bicyclic) bond motifs is 1. The number of anilines is 1. The first-order valence-electron chi connectivity index (χ1n) is 12.0. The smallest absolute Gasteiger partial charge is 0.264 e. The average molecular weight is 467 g/mol. The second kappa shape index (κ2) is 8.06. The number of amides is 1. The Kier molecular flexibility index (Phi) is 5.14. The minimum Gasteiger partial charge on any atom is -0.354 e. The number of allylic oxidation sites excluding steroid dienone is 1. The van der Waals surface area contributed by atoms with Gasteiger partial charge in [-0.05, 0) is 61.9 Å². The van der Waals surface area contributed by atoms with E-state index in [4.69, 9.17) is 4.98 Å². The van der Waals surface area contributed by atoms with Gasteiger partial charge in [-0.2, -0.15) is 0 Å². The molecule has 4 aliphatic rings. The quantitative estimate of drug-likeness (QED) is 0.638. The molecule has 8 nitrogen and oxygen atoms in total. The Balaban J connectivity index is 1.27. The van der Waals surface area contributed by atoms with Crippen molar-refractivity contribution in [3.8, 4) is 0 Å². The number of aryl methyl sites for hydroxylation is 1. The number of aromatic nitrogens is 3. The molecule has 1 saturated carbocycles. The van der Waals surface area contributed by atoms with E-state index >= 15 is 0 Å². The van der Waals surface area contributed by atoms with Gasteiger partial charge in [0.05, 0.1) is 11.2 Å². The number of carbonyl (C=O) groups excluding carboxylic acids is 1. The van der Waals surface area contributed by atoms with Crippen LogP contribution in [0, 0.1) is 11.3 Å². The standard InChI is InChI=1S/C24H30N6O2S/c1-25-23(32)19-21(27-13-33-19)30-9-8-26-12-18(30)14-2-3-15(10-14)20-28-17-4-5-24(6-7-24)11-16(17)22(31)29-20/h10,13-14,18,26H,2-9,11-12H2,1H3,(H,25,32)(H,28,29,31). The Morgan fingerprint density at radius 2 is 2.18 bits per heavy atom. The lowest BCUT2D eigenvalue weighted by molar-refractivity contribution is 0.0967. The minimum absolute atomic E-state index is 0.0592. The van der Waals surface area contributed by atoms with Gasteiger partial charge >= 0.3 is 0 Å². The van der Waals surface area contributed by atoms with Crippen LogP contribution in [-0.2, 0) is 12.8 Å². The third-order valence-corrected chi connectivity index (χ3v) is 8.81. The molecule has 1 amide bonds. The van der Waals surface area contributed by atoms with Crippen LogP contribution in [0.4, 0.5) is 5.82 Å². The summed E-state index contributed by atoms with van der Waals surface area (Å²) in [6.07, 6.45) is 9.71. The maximum atomic E-state index is 12.9. The van der Waals surface area contributed by atoms with Crippen LogP contribution in [-0.4, -0.2) is 53.6 Å². The number of nitrogens with zero attached hydrogens (tertiary/aromatic N) is 3. The number of aromatic amines is 1. The first kappa shape index (κ1) is 21.0. The molecule has 0 aromatic carbocycles. The Hall–Kier alpha value is -2.52. The van der Waals surface area contributed by atoms with Crippen molar-refractivity contribution in [2.45, 2.75) is 51.0 Å². The van der Waals surface area contributed by atoms with Gasteiger partial charge in [-0.25, -0.2) is 9.97 Å². The van der Waals surface area contributed by atoms with Crippen LogP contribution < -0.4 is 21.1 Å². The van der Waals surface area contributed by atoms with Gasteiger partial charge in [-0.1, -0.05) is 6.08 Å². The van der Waals surface area contributed by atoms with E-state index < -0.39 is 0 Å². The monoisotopic (exact) mass is 466 g/mol. The molecule has 2 fully saturated rings. The number of hydrogen-bond acceptors (Lipinski definition) is 7. The lowest BCUT2D eigenvalue weighted by atomic mass is 9.84. The Morgan fingerprint density at radius 3 is 3.00 bits per heavy atom. The van der Waals surface area contributed by atoms with E-state index in [9.17, 15) is 9.59 Å². The molecule has 1 spiro atoms. The second-order valence-corrected chi connectivity index (χ2v) is 10.8. The number of piperazine rings is 1. The third kappa shape index (κ3) is 3.71. The number of thiazole rings is 1. The maximum Gasteiger partial charge on any atom is 0.264 e. The molecule has 3 aliphatic carbocycles. The van der Waals surface area contributed by atoms with Crippen LogP contribution in [0.15, 0.2) is 16.4 Å². The molecule has 2 aromatic heterocycles. The predicted molar refractivity (Wildman–Crippen MR) is 129 cm³/mol.